The standard InChI is InChI=1S/C16H13FN2O2S/c17-15-7-3-5-11(19-15)16(21)18-9-12(20)14-8-10-4-1-2-6-13(10)22-14/h1-8,12,20H,9H2,(H,18,21). The summed E-state index contributed by atoms with van der Waals surface area (Å²) < 4.78 is 14.0. The van der Waals surface area contributed by atoms with Gasteiger partial charge in [0, 0.05) is 16.1 Å². The Labute approximate surface area is 130 Å². The highest BCUT2D eigenvalue weighted by Gasteiger charge is 2.14. The number of aliphatic hydroxyl groups excluding tert-OH is 1. The van der Waals surface area contributed by atoms with E-state index in [4.69, 9.17) is 0 Å². The van der Waals surface area contributed by atoms with E-state index in [1.165, 1.54) is 29.5 Å². The van der Waals surface area contributed by atoms with Gasteiger partial charge in [-0.2, -0.15) is 4.39 Å². The SMILES string of the molecule is O=C(NCC(O)c1cc2ccccc2s1)c1cccc(F)n1. The molecule has 0 saturated heterocycles. The minimum Gasteiger partial charge on any atom is -0.386 e. The minimum atomic E-state index is -0.810. The Kier molecular flexibility index (Phi) is 4.13. The van der Waals surface area contributed by atoms with Crippen molar-refractivity contribution in [3.63, 3.8) is 0 Å². The van der Waals surface area contributed by atoms with Crippen molar-refractivity contribution in [3.8, 4) is 0 Å². The zero-order valence-corrected chi connectivity index (χ0v) is 12.3. The van der Waals surface area contributed by atoms with Crippen molar-refractivity contribution in [2.24, 2.45) is 0 Å². The molecule has 2 N–H and O–H groups in total. The number of aliphatic hydroxyl groups is 1. The molecule has 0 aliphatic heterocycles. The van der Waals surface area contributed by atoms with Crippen molar-refractivity contribution in [3.05, 3.63) is 65.0 Å². The number of benzene rings is 1. The Hall–Kier alpha value is -2.31. The molecule has 3 aromatic rings. The molecular formula is C16H13FN2O2S. The van der Waals surface area contributed by atoms with E-state index in [-0.39, 0.29) is 12.2 Å². The number of rotatable bonds is 4. The number of carbonyl (C=O) groups excluding carboxylic acids is 1. The van der Waals surface area contributed by atoms with Gasteiger partial charge < -0.3 is 10.4 Å². The zero-order chi connectivity index (χ0) is 15.5. The number of nitrogens with zero attached hydrogens (tertiary/aromatic N) is 1. The van der Waals surface area contributed by atoms with Gasteiger partial charge >= 0.3 is 0 Å². The Balaban J connectivity index is 1.66. The van der Waals surface area contributed by atoms with Crippen LogP contribution in [0.15, 0.2) is 48.5 Å². The van der Waals surface area contributed by atoms with Crippen LogP contribution in [0, 0.1) is 5.95 Å². The third kappa shape index (κ3) is 3.13. The normalized spacial score (nSPS) is 12.3. The monoisotopic (exact) mass is 316 g/mol. The molecule has 4 nitrogen and oxygen atoms in total. The van der Waals surface area contributed by atoms with Crippen LogP contribution in [0.25, 0.3) is 10.1 Å². The van der Waals surface area contributed by atoms with Gasteiger partial charge in [-0.3, -0.25) is 4.79 Å². The summed E-state index contributed by atoms with van der Waals surface area (Å²) in [6.07, 6.45) is -0.810. The summed E-state index contributed by atoms with van der Waals surface area (Å²) in [7, 11) is 0. The number of aromatic nitrogens is 1. The number of halogens is 1. The summed E-state index contributed by atoms with van der Waals surface area (Å²) >= 11 is 1.48. The first kappa shape index (κ1) is 14.6. The van der Waals surface area contributed by atoms with Gasteiger partial charge in [0.2, 0.25) is 5.95 Å². The summed E-state index contributed by atoms with van der Waals surface area (Å²) in [5.74, 6) is -1.22. The summed E-state index contributed by atoms with van der Waals surface area (Å²) in [5, 5.41) is 13.8. The summed E-state index contributed by atoms with van der Waals surface area (Å²) in [6.45, 7) is 0.0455. The molecule has 112 valence electrons. The van der Waals surface area contributed by atoms with Gasteiger partial charge in [0.25, 0.3) is 5.91 Å². The second-order valence-corrected chi connectivity index (χ2v) is 5.87. The second kappa shape index (κ2) is 6.21. The number of hydrogen-bond donors (Lipinski definition) is 2. The first-order valence-electron chi connectivity index (χ1n) is 6.71. The predicted octanol–water partition coefficient (Wildman–Crippen LogP) is 2.90. The molecular weight excluding hydrogens is 303 g/mol. The third-order valence-corrected chi connectivity index (χ3v) is 4.39. The second-order valence-electron chi connectivity index (χ2n) is 4.76. The number of nitrogens with one attached hydrogen (secondary N) is 1. The van der Waals surface area contributed by atoms with E-state index < -0.39 is 18.0 Å². The van der Waals surface area contributed by atoms with E-state index >= 15 is 0 Å². The maximum Gasteiger partial charge on any atom is 0.270 e. The molecule has 0 aliphatic rings. The molecule has 2 aromatic heterocycles. The van der Waals surface area contributed by atoms with E-state index in [0.29, 0.717) is 0 Å². The summed E-state index contributed by atoms with van der Waals surface area (Å²) in [4.78, 5) is 16.1. The topological polar surface area (TPSA) is 62.2 Å². The Morgan fingerprint density at radius 1 is 1.27 bits per heavy atom. The first-order valence-corrected chi connectivity index (χ1v) is 7.52. The van der Waals surface area contributed by atoms with Crippen LogP contribution in [0.4, 0.5) is 4.39 Å². The van der Waals surface area contributed by atoms with E-state index in [1.54, 1.807) is 0 Å². The highest BCUT2D eigenvalue weighted by molar-refractivity contribution is 7.19. The van der Waals surface area contributed by atoms with Crippen LogP contribution >= 0.6 is 11.3 Å². The molecule has 22 heavy (non-hydrogen) atoms. The maximum atomic E-state index is 13.0. The van der Waals surface area contributed by atoms with Gasteiger partial charge in [-0.15, -0.1) is 11.3 Å². The highest BCUT2D eigenvalue weighted by Crippen LogP contribution is 2.29. The lowest BCUT2D eigenvalue weighted by molar-refractivity contribution is 0.0912. The molecule has 0 radical (unpaired) electrons. The molecule has 0 spiro atoms. The van der Waals surface area contributed by atoms with E-state index in [2.05, 4.69) is 10.3 Å². The fraction of sp³-hybridized carbons (Fsp3) is 0.125. The molecule has 0 fully saturated rings. The van der Waals surface area contributed by atoms with Gasteiger partial charge in [0.1, 0.15) is 11.8 Å². The average molecular weight is 316 g/mol. The molecule has 0 saturated carbocycles. The van der Waals surface area contributed by atoms with Gasteiger partial charge in [-0.1, -0.05) is 24.3 Å². The number of hydrogen-bond acceptors (Lipinski definition) is 4. The number of amides is 1. The molecule has 6 heteroatoms. The van der Waals surface area contributed by atoms with Gasteiger partial charge in [0.15, 0.2) is 0 Å². The van der Waals surface area contributed by atoms with Crippen LogP contribution in [0.5, 0.6) is 0 Å². The maximum absolute atomic E-state index is 13.0. The number of fused-ring (bicyclic) bond motifs is 1. The van der Waals surface area contributed by atoms with E-state index in [0.717, 1.165) is 15.0 Å². The highest BCUT2D eigenvalue weighted by atomic mass is 32.1. The molecule has 1 unspecified atom stereocenters. The largest absolute Gasteiger partial charge is 0.386 e. The zero-order valence-electron chi connectivity index (χ0n) is 11.5. The minimum absolute atomic E-state index is 0.0106. The number of pyridine rings is 1. The van der Waals surface area contributed by atoms with Crippen LogP contribution in [0.1, 0.15) is 21.5 Å². The van der Waals surface area contributed by atoms with Gasteiger partial charge in [0.05, 0.1) is 0 Å². The molecule has 1 aromatic carbocycles. The van der Waals surface area contributed by atoms with E-state index in [9.17, 15) is 14.3 Å². The van der Waals surface area contributed by atoms with Crippen molar-refractivity contribution in [1.29, 1.82) is 0 Å². The van der Waals surface area contributed by atoms with Gasteiger partial charge in [-0.05, 0) is 29.7 Å². The first-order chi connectivity index (χ1) is 10.6. The molecule has 0 aliphatic carbocycles. The molecule has 2 heterocycles. The Morgan fingerprint density at radius 2 is 2.09 bits per heavy atom. The average Bonchev–Trinajstić information content (AvgIpc) is 2.96. The van der Waals surface area contributed by atoms with Crippen molar-refractivity contribution >= 4 is 27.3 Å². The van der Waals surface area contributed by atoms with Crippen LogP contribution < -0.4 is 5.32 Å². The van der Waals surface area contributed by atoms with Crippen LogP contribution in [-0.2, 0) is 0 Å². The van der Waals surface area contributed by atoms with Crippen molar-refractivity contribution < 1.29 is 14.3 Å². The molecule has 1 atom stereocenters. The Bertz CT molecular complexity index is 786. The van der Waals surface area contributed by atoms with Crippen LogP contribution in [0.3, 0.4) is 0 Å². The third-order valence-electron chi connectivity index (χ3n) is 3.18. The van der Waals surface area contributed by atoms with Crippen LogP contribution in [-0.4, -0.2) is 22.5 Å². The lowest BCUT2D eigenvalue weighted by Gasteiger charge is -2.09. The number of carbonyl (C=O) groups is 1. The fourth-order valence-electron chi connectivity index (χ4n) is 2.08. The quantitative estimate of drug-likeness (QED) is 0.728. The smallest absolute Gasteiger partial charge is 0.270 e. The van der Waals surface area contributed by atoms with Crippen molar-refractivity contribution in [2.45, 2.75) is 6.10 Å². The lowest BCUT2D eigenvalue weighted by atomic mass is 10.2. The van der Waals surface area contributed by atoms with Crippen LogP contribution in [0.2, 0.25) is 0 Å². The molecule has 3 rings (SSSR count). The number of thiophene rings is 1. The molecule has 1 amide bonds. The summed E-state index contributed by atoms with van der Waals surface area (Å²) in [5.41, 5.74) is -0.0106. The van der Waals surface area contributed by atoms with E-state index in [1.807, 2.05) is 30.3 Å². The van der Waals surface area contributed by atoms with Gasteiger partial charge in [-0.25, -0.2) is 4.98 Å². The van der Waals surface area contributed by atoms with Crippen molar-refractivity contribution in [1.82, 2.24) is 10.3 Å². The predicted molar refractivity (Wildman–Crippen MR) is 83.3 cm³/mol. The molecule has 0 bridgehead atoms. The lowest BCUT2D eigenvalue weighted by Crippen LogP contribution is -2.28. The fourth-order valence-corrected chi connectivity index (χ4v) is 3.13. The summed E-state index contributed by atoms with van der Waals surface area (Å²) in [6, 6.07) is 13.7. The van der Waals surface area contributed by atoms with Crippen molar-refractivity contribution in [2.75, 3.05) is 6.54 Å². The Morgan fingerprint density at radius 3 is 2.86 bits per heavy atom.